The second-order valence-electron chi connectivity index (χ2n) is 5.15. The number of hydrogen-bond acceptors (Lipinski definition) is 5. The molecule has 1 aromatic heterocycles. The molecule has 0 aliphatic heterocycles. The largest absolute Gasteiger partial charge is 0.323 e. The number of aryl methyl sites for hydroxylation is 1. The van der Waals surface area contributed by atoms with Gasteiger partial charge in [0.25, 0.3) is 0 Å². The Kier molecular flexibility index (Phi) is 4.03. The van der Waals surface area contributed by atoms with Gasteiger partial charge >= 0.3 is 0 Å². The highest BCUT2D eigenvalue weighted by molar-refractivity contribution is 7.99. The Labute approximate surface area is 122 Å². The molecular formula is C14H19N5S. The Morgan fingerprint density at radius 2 is 2.10 bits per heavy atom. The van der Waals surface area contributed by atoms with Crippen LogP contribution in [0.2, 0.25) is 0 Å². The Morgan fingerprint density at radius 1 is 1.35 bits per heavy atom. The van der Waals surface area contributed by atoms with Gasteiger partial charge < -0.3 is 5.73 Å². The molecule has 0 amide bonds. The molecule has 0 saturated heterocycles. The van der Waals surface area contributed by atoms with Gasteiger partial charge in [-0.05, 0) is 40.8 Å². The molecule has 0 radical (unpaired) electrons. The molecule has 1 heterocycles. The average Bonchev–Trinajstić information content (AvgIpc) is 3.23. The lowest BCUT2D eigenvalue weighted by molar-refractivity contribution is 0.565. The standard InChI is InChI=1S/C14H19N5S/c1-2-10-3-5-11(6-4-10)13(15)9-20-14-16-17-18-19(14)12-7-8-12/h3-6,12-13H,2,7-9,15H2,1H3. The van der Waals surface area contributed by atoms with Crippen molar-refractivity contribution in [2.45, 2.75) is 43.4 Å². The molecule has 1 fully saturated rings. The van der Waals surface area contributed by atoms with Gasteiger partial charge in [0.15, 0.2) is 0 Å². The Hall–Kier alpha value is -1.40. The normalized spacial score (nSPS) is 16.3. The van der Waals surface area contributed by atoms with Gasteiger partial charge in [-0.2, -0.15) is 0 Å². The molecule has 6 heteroatoms. The molecule has 5 nitrogen and oxygen atoms in total. The molecule has 20 heavy (non-hydrogen) atoms. The third-order valence-corrected chi connectivity index (χ3v) is 4.62. The van der Waals surface area contributed by atoms with E-state index in [1.807, 2.05) is 4.68 Å². The predicted molar refractivity (Wildman–Crippen MR) is 79.6 cm³/mol. The van der Waals surface area contributed by atoms with Gasteiger partial charge in [0.1, 0.15) is 0 Å². The number of benzene rings is 1. The van der Waals surface area contributed by atoms with Gasteiger partial charge in [-0.15, -0.1) is 5.10 Å². The molecule has 0 spiro atoms. The van der Waals surface area contributed by atoms with Crippen LogP contribution >= 0.6 is 11.8 Å². The van der Waals surface area contributed by atoms with Gasteiger partial charge in [0.05, 0.1) is 6.04 Å². The van der Waals surface area contributed by atoms with Crippen molar-refractivity contribution in [1.29, 1.82) is 0 Å². The monoisotopic (exact) mass is 289 g/mol. The molecule has 1 saturated carbocycles. The first-order valence-corrected chi connectivity index (χ1v) is 8.01. The zero-order valence-electron chi connectivity index (χ0n) is 11.6. The van der Waals surface area contributed by atoms with Crippen molar-refractivity contribution in [3.63, 3.8) is 0 Å². The molecule has 0 bridgehead atoms. The highest BCUT2D eigenvalue weighted by Gasteiger charge is 2.28. The van der Waals surface area contributed by atoms with Gasteiger partial charge in [0.2, 0.25) is 5.16 Å². The van der Waals surface area contributed by atoms with Crippen LogP contribution in [0.25, 0.3) is 0 Å². The second kappa shape index (κ2) is 5.93. The zero-order valence-corrected chi connectivity index (χ0v) is 12.4. The number of rotatable bonds is 6. The van der Waals surface area contributed by atoms with Crippen LogP contribution in [0.5, 0.6) is 0 Å². The molecule has 3 rings (SSSR count). The second-order valence-corrected chi connectivity index (χ2v) is 6.14. The quantitative estimate of drug-likeness (QED) is 0.827. The minimum Gasteiger partial charge on any atom is -0.323 e. The maximum Gasteiger partial charge on any atom is 0.209 e. The fraction of sp³-hybridized carbons (Fsp3) is 0.500. The summed E-state index contributed by atoms with van der Waals surface area (Å²) in [5.74, 6) is 0.790. The van der Waals surface area contributed by atoms with Crippen molar-refractivity contribution in [2.75, 3.05) is 5.75 Å². The fourth-order valence-corrected chi connectivity index (χ4v) is 3.02. The van der Waals surface area contributed by atoms with Crippen molar-refractivity contribution < 1.29 is 0 Å². The fourth-order valence-electron chi connectivity index (χ4n) is 2.09. The van der Waals surface area contributed by atoms with Crippen molar-refractivity contribution in [1.82, 2.24) is 20.2 Å². The van der Waals surface area contributed by atoms with Crippen LogP contribution in [-0.4, -0.2) is 26.0 Å². The number of tetrazole rings is 1. The Balaban J connectivity index is 1.60. The van der Waals surface area contributed by atoms with Gasteiger partial charge in [-0.3, -0.25) is 0 Å². The number of nitrogens with two attached hydrogens (primary N) is 1. The van der Waals surface area contributed by atoms with Crippen LogP contribution in [-0.2, 0) is 6.42 Å². The average molecular weight is 289 g/mol. The van der Waals surface area contributed by atoms with E-state index < -0.39 is 0 Å². The smallest absolute Gasteiger partial charge is 0.209 e. The van der Waals surface area contributed by atoms with Crippen LogP contribution < -0.4 is 5.73 Å². The molecule has 1 unspecified atom stereocenters. The first-order valence-electron chi connectivity index (χ1n) is 7.03. The van der Waals surface area contributed by atoms with Crippen molar-refractivity contribution in [3.05, 3.63) is 35.4 Å². The van der Waals surface area contributed by atoms with Gasteiger partial charge in [0, 0.05) is 11.8 Å². The summed E-state index contributed by atoms with van der Waals surface area (Å²) in [6.07, 6.45) is 3.42. The first-order chi connectivity index (χ1) is 9.78. The van der Waals surface area contributed by atoms with Crippen molar-refractivity contribution >= 4 is 11.8 Å². The van der Waals surface area contributed by atoms with Gasteiger partial charge in [-0.1, -0.05) is 43.0 Å². The summed E-state index contributed by atoms with van der Waals surface area (Å²) >= 11 is 1.64. The lowest BCUT2D eigenvalue weighted by Crippen LogP contribution is -2.13. The maximum absolute atomic E-state index is 6.25. The minimum atomic E-state index is 0.00950. The molecule has 1 aromatic carbocycles. The van der Waals surface area contributed by atoms with Crippen LogP contribution in [0.15, 0.2) is 29.4 Å². The lowest BCUT2D eigenvalue weighted by Gasteiger charge is -2.11. The summed E-state index contributed by atoms with van der Waals surface area (Å²) in [4.78, 5) is 0. The molecule has 106 valence electrons. The zero-order chi connectivity index (χ0) is 13.9. The third-order valence-electron chi connectivity index (χ3n) is 3.56. The summed E-state index contributed by atoms with van der Waals surface area (Å²) in [6, 6.07) is 9.05. The van der Waals surface area contributed by atoms with Crippen molar-refractivity contribution in [3.8, 4) is 0 Å². The van der Waals surface area contributed by atoms with Gasteiger partial charge in [-0.25, -0.2) is 4.68 Å². The number of aromatic nitrogens is 4. The van der Waals surface area contributed by atoms with Crippen LogP contribution in [0.1, 0.15) is 43.0 Å². The molecular weight excluding hydrogens is 270 g/mol. The van der Waals surface area contributed by atoms with Crippen LogP contribution in [0.3, 0.4) is 0 Å². The molecule has 2 aromatic rings. The summed E-state index contributed by atoms with van der Waals surface area (Å²) in [7, 11) is 0. The van der Waals surface area contributed by atoms with E-state index in [0.717, 1.165) is 17.3 Å². The molecule has 1 aliphatic carbocycles. The molecule has 1 aliphatic rings. The SMILES string of the molecule is CCc1ccc(C(N)CSc2nnnn2C2CC2)cc1. The predicted octanol–water partition coefficient (Wildman–Crippen LogP) is 2.36. The minimum absolute atomic E-state index is 0.00950. The van der Waals surface area contributed by atoms with E-state index in [1.165, 1.54) is 24.0 Å². The summed E-state index contributed by atoms with van der Waals surface area (Å²) in [5.41, 5.74) is 8.75. The Bertz CT molecular complexity index is 561. The molecule has 2 N–H and O–H groups in total. The number of hydrogen-bond donors (Lipinski definition) is 1. The third kappa shape index (κ3) is 3.02. The number of nitrogens with zero attached hydrogens (tertiary/aromatic N) is 4. The summed E-state index contributed by atoms with van der Waals surface area (Å²) < 4.78 is 1.93. The summed E-state index contributed by atoms with van der Waals surface area (Å²) in [5, 5.41) is 12.8. The molecule has 1 atom stereocenters. The van der Waals surface area contributed by atoms with E-state index in [0.29, 0.717) is 6.04 Å². The van der Waals surface area contributed by atoms with E-state index in [1.54, 1.807) is 11.8 Å². The van der Waals surface area contributed by atoms with Crippen LogP contribution in [0.4, 0.5) is 0 Å². The lowest BCUT2D eigenvalue weighted by atomic mass is 10.1. The van der Waals surface area contributed by atoms with Crippen molar-refractivity contribution in [2.24, 2.45) is 5.73 Å². The first kappa shape index (κ1) is 13.6. The van der Waals surface area contributed by atoms with E-state index in [9.17, 15) is 0 Å². The highest BCUT2D eigenvalue weighted by atomic mass is 32.2. The van der Waals surface area contributed by atoms with E-state index >= 15 is 0 Å². The Morgan fingerprint density at radius 3 is 2.75 bits per heavy atom. The number of thioether (sulfide) groups is 1. The topological polar surface area (TPSA) is 69.6 Å². The van der Waals surface area contributed by atoms with Crippen LogP contribution in [0, 0.1) is 0 Å². The van der Waals surface area contributed by atoms with E-state index in [2.05, 4.69) is 46.7 Å². The van der Waals surface area contributed by atoms with E-state index in [-0.39, 0.29) is 6.04 Å². The highest BCUT2D eigenvalue weighted by Crippen LogP contribution is 2.36. The summed E-state index contributed by atoms with van der Waals surface area (Å²) in [6.45, 7) is 2.16. The maximum atomic E-state index is 6.25. The van der Waals surface area contributed by atoms with E-state index in [4.69, 9.17) is 5.73 Å².